The van der Waals surface area contributed by atoms with Gasteiger partial charge in [0, 0.05) is 0 Å². The van der Waals surface area contributed by atoms with Crippen molar-refractivity contribution in [3.05, 3.63) is 13.9 Å². The van der Waals surface area contributed by atoms with E-state index in [-0.39, 0.29) is 11.2 Å². The van der Waals surface area contributed by atoms with Crippen LogP contribution in [-0.2, 0) is 5.54 Å². The summed E-state index contributed by atoms with van der Waals surface area (Å²) in [4.78, 5) is 0. The summed E-state index contributed by atoms with van der Waals surface area (Å²) in [5, 5.41) is 4.26. The number of halogens is 4. The van der Waals surface area contributed by atoms with Crippen LogP contribution in [0.3, 0.4) is 0 Å². The fraction of sp³-hybridized carbons (Fsp3) is 0.824. The van der Waals surface area contributed by atoms with Gasteiger partial charge in [-0.25, -0.2) is 8.78 Å². The van der Waals surface area contributed by atoms with Crippen molar-refractivity contribution in [3.8, 4) is 0 Å². The van der Waals surface area contributed by atoms with E-state index in [1.54, 1.807) is 0 Å². The molecule has 0 aliphatic carbocycles. The van der Waals surface area contributed by atoms with Gasteiger partial charge in [0.2, 0.25) is 0 Å². The molecule has 0 aliphatic rings. The Labute approximate surface area is 161 Å². The largest absolute Gasteiger partial charge is 0.283 e. The molecule has 134 valence electrons. The molecule has 0 spiro atoms. The molecule has 0 amide bonds. The lowest BCUT2D eigenvalue weighted by Crippen LogP contribution is -2.32. The highest BCUT2D eigenvalue weighted by atomic mass is 127. The van der Waals surface area contributed by atoms with E-state index in [9.17, 15) is 8.78 Å². The summed E-state index contributed by atoms with van der Waals surface area (Å²) >= 11 is 5.42. The Kier molecular flexibility index (Phi) is 9.56. The van der Waals surface area contributed by atoms with Gasteiger partial charge in [0.15, 0.2) is 0 Å². The molecule has 23 heavy (non-hydrogen) atoms. The average Bonchev–Trinajstić information content (AvgIpc) is 2.82. The number of unbranched alkanes of at least 4 members (excludes halogenated alkanes) is 5. The molecule has 0 aliphatic heterocycles. The highest BCUT2D eigenvalue weighted by Gasteiger charge is 2.32. The third kappa shape index (κ3) is 5.94. The number of rotatable bonds is 11. The summed E-state index contributed by atoms with van der Waals surface area (Å²) in [5.41, 5.74) is -0.322. The highest BCUT2D eigenvalue weighted by Crippen LogP contribution is 2.37. The van der Waals surface area contributed by atoms with Crippen LogP contribution >= 0.6 is 38.5 Å². The number of hydrogen-bond acceptors (Lipinski definition) is 1. The van der Waals surface area contributed by atoms with Gasteiger partial charge in [-0.3, -0.25) is 4.68 Å². The molecule has 0 saturated carbocycles. The zero-order chi connectivity index (χ0) is 17.5. The molecule has 1 aromatic rings. The Morgan fingerprint density at radius 3 is 2.17 bits per heavy atom. The normalized spacial score (nSPS) is 14.4. The molecular formula is C17H28BrF2IN2. The van der Waals surface area contributed by atoms with E-state index in [0.29, 0.717) is 4.47 Å². The van der Waals surface area contributed by atoms with Crippen molar-refractivity contribution in [3.63, 3.8) is 0 Å². The van der Waals surface area contributed by atoms with E-state index in [2.05, 4.69) is 64.4 Å². The van der Waals surface area contributed by atoms with Crippen LogP contribution in [0.1, 0.15) is 90.7 Å². The minimum absolute atomic E-state index is 0.136. The molecule has 0 bridgehead atoms. The maximum atomic E-state index is 13.1. The number of hydrogen-bond donors (Lipinski definition) is 0. The van der Waals surface area contributed by atoms with Crippen molar-refractivity contribution in [2.75, 3.05) is 0 Å². The first-order valence-corrected chi connectivity index (χ1v) is 10.5. The maximum Gasteiger partial charge on any atom is 0.283 e. The molecule has 1 heterocycles. The second kappa shape index (κ2) is 10.3. The van der Waals surface area contributed by atoms with Crippen molar-refractivity contribution in [2.24, 2.45) is 0 Å². The Morgan fingerprint density at radius 2 is 1.65 bits per heavy atom. The third-order valence-electron chi connectivity index (χ3n) is 4.41. The second-order valence-electron chi connectivity index (χ2n) is 6.47. The maximum absolute atomic E-state index is 13.1. The molecule has 0 radical (unpaired) electrons. The standard InChI is InChI=1S/C17H28BrF2IN2/c1-4-6-8-9-10-12-17(3,11-7-5-2)23-16(21)13(18)14(22-23)15(19)20/h15H,4-12H2,1-3H3. The lowest BCUT2D eigenvalue weighted by molar-refractivity contribution is 0.140. The van der Waals surface area contributed by atoms with Gasteiger partial charge in [-0.15, -0.1) is 0 Å². The summed E-state index contributed by atoms with van der Waals surface area (Å²) < 4.78 is 29.4. The van der Waals surface area contributed by atoms with Crippen LogP contribution in [0.2, 0.25) is 0 Å². The molecule has 0 N–H and O–H groups in total. The van der Waals surface area contributed by atoms with Gasteiger partial charge in [0.1, 0.15) is 9.39 Å². The Bertz CT molecular complexity index is 479. The first kappa shape index (κ1) is 21.3. The van der Waals surface area contributed by atoms with Gasteiger partial charge in [0.05, 0.1) is 10.0 Å². The van der Waals surface area contributed by atoms with Crippen LogP contribution in [0.15, 0.2) is 4.47 Å². The van der Waals surface area contributed by atoms with Gasteiger partial charge in [-0.1, -0.05) is 58.8 Å². The minimum Gasteiger partial charge on any atom is -0.252 e. The van der Waals surface area contributed by atoms with E-state index in [1.807, 2.05) is 4.68 Å². The summed E-state index contributed by atoms with van der Waals surface area (Å²) in [7, 11) is 0. The molecule has 1 aromatic heterocycles. The zero-order valence-electron chi connectivity index (χ0n) is 14.3. The summed E-state index contributed by atoms with van der Waals surface area (Å²) in [6.07, 6.45) is 7.69. The zero-order valence-corrected chi connectivity index (χ0v) is 18.1. The average molecular weight is 505 g/mol. The van der Waals surface area contributed by atoms with Crippen LogP contribution in [0.25, 0.3) is 0 Å². The van der Waals surface area contributed by atoms with Crippen molar-refractivity contribution >= 4 is 38.5 Å². The van der Waals surface area contributed by atoms with Crippen molar-refractivity contribution < 1.29 is 8.78 Å². The predicted molar refractivity (Wildman–Crippen MR) is 104 cm³/mol. The predicted octanol–water partition coefficient (Wildman–Crippen LogP) is 7.45. The van der Waals surface area contributed by atoms with E-state index in [1.165, 1.54) is 25.7 Å². The summed E-state index contributed by atoms with van der Waals surface area (Å²) in [5.74, 6) is 0. The molecule has 1 unspecified atom stereocenters. The Balaban J connectivity index is 2.93. The second-order valence-corrected chi connectivity index (χ2v) is 8.28. The van der Waals surface area contributed by atoms with Gasteiger partial charge in [0.25, 0.3) is 6.43 Å². The van der Waals surface area contributed by atoms with Crippen molar-refractivity contribution in [1.82, 2.24) is 9.78 Å². The van der Waals surface area contributed by atoms with Crippen LogP contribution in [0, 0.1) is 3.70 Å². The van der Waals surface area contributed by atoms with Crippen molar-refractivity contribution in [1.29, 1.82) is 0 Å². The summed E-state index contributed by atoms with van der Waals surface area (Å²) in [6.45, 7) is 6.54. The van der Waals surface area contributed by atoms with E-state index >= 15 is 0 Å². The first-order chi connectivity index (χ1) is 10.9. The Morgan fingerprint density at radius 1 is 1.09 bits per heavy atom. The molecule has 1 rings (SSSR count). The SMILES string of the molecule is CCCCCCCC(C)(CCCC)n1nc(C(F)F)c(Br)c1I. The van der Waals surface area contributed by atoms with Gasteiger partial charge < -0.3 is 0 Å². The molecule has 1 atom stereocenters. The number of alkyl halides is 2. The van der Waals surface area contributed by atoms with Crippen LogP contribution in [0.5, 0.6) is 0 Å². The fourth-order valence-corrected chi connectivity index (χ4v) is 4.28. The van der Waals surface area contributed by atoms with Gasteiger partial charge >= 0.3 is 0 Å². The topological polar surface area (TPSA) is 17.8 Å². The van der Waals surface area contributed by atoms with Crippen LogP contribution < -0.4 is 0 Å². The Hall–Kier alpha value is 0.280. The minimum atomic E-state index is -2.54. The first-order valence-electron chi connectivity index (χ1n) is 8.60. The highest BCUT2D eigenvalue weighted by molar-refractivity contribution is 14.1. The van der Waals surface area contributed by atoms with E-state index in [4.69, 9.17) is 0 Å². The van der Waals surface area contributed by atoms with Crippen LogP contribution in [0.4, 0.5) is 8.78 Å². The molecule has 6 heteroatoms. The lowest BCUT2D eigenvalue weighted by Gasteiger charge is -2.31. The van der Waals surface area contributed by atoms with Crippen molar-refractivity contribution in [2.45, 2.75) is 90.5 Å². The molecule has 0 fully saturated rings. The number of nitrogens with zero attached hydrogens (tertiary/aromatic N) is 2. The quantitative estimate of drug-likeness (QED) is 0.226. The van der Waals surface area contributed by atoms with E-state index in [0.717, 1.165) is 35.8 Å². The lowest BCUT2D eigenvalue weighted by atomic mass is 9.89. The molecular weight excluding hydrogens is 477 g/mol. The monoisotopic (exact) mass is 504 g/mol. The smallest absolute Gasteiger partial charge is 0.252 e. The fourth-order valence-electron chi connectivity index (χ4n) is 2.90. The molecule has 2 nitrogen and oxygen atoms in total. The summed E-state index contributed by atoms with van der Waals surface area (Å²) in [6, 6.07) is 0. The molecule has 0 saturated heterocycles. The number of aromatic nitrogens is 2. The van der Waals surface area contributed by atoms with Crippen LogP contribution in [-0.4, -0.2) is 9.78 Å². The molecule has 0 aromatic carbocycles. The van der Waals surface area contributed by atoms with Gasteiger partial charge in [-0.2, -0.15) is 5.10 Å². The van der Waals surface area contributed by atoms with Gasteiger partial charge in [-0.05, 0) is 58.3 Å². The van der Waals surface area contributed by atoms with E-state index < -0.39 is 6.43 Å². The third-order valence-corrected chi connectivity index (χ3v) is 6.92.